The van der Waals surface area contributed by atoms with Crippen molar-refractivity contribution in [3.63, 3.8) is 0 Å². The second-order valence-electron chi connectivity index (χ2n) is 4.68. The number of likely N-dealkylation sites (tertiary alicyclic amines) is 1. The van der Waals surface area contributed by atoms with Crippen LogP contribution in [0.5, 0.6) is 0 Å². The van der Waals surface area contributed by atoms with Gasteiger partial charge in [0.1, 0.15) is 5.84 Å². The Morgan fingerprint density at radius 2 is 2.00 bits per heavy atom. The van der Waals surface area contributed by atoms with Crippen molar-refractivity contribution in [2.45, 2.75) is 19.3 Å². The summed E-state index contributed by atoms with van der Waals surface area (Å²) in [4.78, 5) is 14.1. The molecule has 1 amide bonds. The molecule has 96 valence electrons. The van der Waals surface area contributed by atoms with Crippen molar-refractivity contribution in [2.24, 2.45) is 22.7 Å². The zero-order chi connectivity index (χ0) is 12.3. The number of carbonyl (C=O) groups excluding carboxylic acids is 1. The Labute approximate surface area is 105 Å². The summed E-state index contributed by atoms with van der Waals surface area (Å²) in [7, 11) is 0. The number of hydrogen-bond acceptors (Lipinski definition) is 4. The third kappa shape index (κ3) is 2.86. The highest BCUT2D eigenvalue weighted by Crippen LogP contribution is 2.27. The molecule has 0 aromatic rings. The number of carbonyl (C=O) groups is 1. The molecular formula is C11H19N3O2S. The topological polar surface area (TPSA) is 78.9 Å². The Morgan fingerprint density at radius 1 is 1.29 bits per heavy atom. The molecule has 3 N–H and O–H groups in total. The number of oxime groups is 1. The van der Waals surface area contributed by atoms with Crippen LogP contribution < -0.4 is 5.73 Å². The van der Waals surface area contributed by atoms with Crippen LogP contribution in [-0.2, 0) is 4.79 Å². The predicted octanol–water partition coefficient (Wildman–Crippen LogP) is 0.724. The van der Waals surface area contributed by atoms with Crippen molar-refractivity contribution in [1.29, 1.82) is 0 Å². The fraction of sp³-hybridized carbons (Fsp3) is 0.818. The highest BCUT2D eigenvalue weighted by atomic mass is 32.2. The minimum Gasteiger partial charge on any atom is -0.409 e. The van der Waals surface area contributed by atoms with E-state index in [0.29, 0.717) is 11.7 Å². The van der Waals surface area contributed by atoms with Crippen molar-refractivity contribution < 1.29 is 10.0 Å². The van der Waals surface area contributed by atoms with Crippen LogP contribution >= 0.6 is 11.8 Å². The molecule has 0 aromatic heterocycles. The lowest BCUT2D eigenvalue weighted by molar-refractivity contribution is -0.135. The molecule has 5 nitrogen and oxygen atoms in total. The minimum atomic E-state index is 0.127. The normalized spacial score (nSPS) is 27.4. The number of hydrogen-bond donors (Lipinski definition) is 2. The molecular weight excluding hydrogens is 238 g/mol. The zero-order valence-electron chi connectivity index (χ0n) is 9.84. The summed E-state index contributed by atoms with van der Waals surface area (Å²) in [5.41, 5.74) is 5.58. The van der Waals surface area contributed by atoms with E-state index in [2.05, 4.69) is 5.16 Å². The van der Waals surface area contributed by atoms with Crippen molar-refractivity contribution in [3.05, 3.63) is 0 Å². The number of nitrogens with two attached hydrogens (primary N) is 1. The molecule has 0 spiro atoms. The van der Waals surface area contributed by atoms with Crippen LogP contribution in [0.1, 0.15) is 19.3 Å². The van der Waals surface area contributed by atoms with E-state index in [1.54, 1.807) is 0 Å². The number of amides is 1. The number of piperidine rings is 1. The molecule has 0 aliphatic carbocycles. The molecule has 2 saturated heterocycles. The van der Waals surface area contributed by atoms with E-state index in [4.69, 9.17) is 10.9 Å². The van der Waals surface area contributed by atoms with Gasteiger partial charge in [-0.1, -0.05) is 5.16 Å². The molecule has 6 heteroatoms. The quantitative estimate of drug-likeness (QED) is 0.331. The Bertz CT molecular complexity index is 308. The summed E-state index contributed by atoms with van der Waals surface area (Å²) < 4.78 is 0. The first kappa shape index (κ1) is 12.5. The molecule has 2 fully saturated rings. The SMILES string of the molecule is NC(=NO)C1CCN(C(=O)C2CCSC2)CC1. The average Bonchev–Trinajstić information content (AvgIpc) is 2.91. The fourth-order valence-electron chi connectivity index (χ4n) is 2.46. The maximum Gasteiger partial charge on any atom is 0.226 e. The van der Waals surface area contributed by atoms with E-state index in [1.807, 2.05) is 16.7 Å². The Balaban J connectivity index is 1.84. The van der Waals surface area contributed by atoms with Crippen molar-refractivity contribution in [1.82, 2.24) is 4.90 Å². The van der Waals surface area contributed by atoms with Gasteiger partial charge in [0.2, 0.25) is 5.91 Å². The van der Waals surface area contributed by atoms with E-state index >= 15 is 0 Å². The van der Waals surface area contributed by atoms with Gasteiger partial charge in [-0.3, -0.25) is 4.79 Å². The van der Waals surface area contributed by atoms with Crippen LogP contribution in [0.4, 0.5) is 0 Å². The minimum absolute atomic E-state index is 0.127. The van der Waals surface area contributed by atoms with E-state index in [9.17, 15) is 4.79 Å². The second kappa shape index (κ2) is 5.62. The molecule has 2 aliphatic heterocycles. The van der Waals surface area contributed by atoms with Crippen LogP contribution in [0, 0.1) is 11.8 Å². The second-order valence-corrected chi connectivity index (χ2v) is 5.83. The van der Waals surface area contributed by atoms with Gasteiger partial charge < -0.3 is 15.8 Å². The van der Waals surface area contributed by atoms with Crippen molar-refractivity contribution in [2.75, 3.05) is 24.6 Å². The zero-order valence-corrected chi connectivity index (χ0v) is 10.7. The Hall–Kier alpha value is -0.910. The van der Waals surface area contributed by atoms with E-state index in [-0.39, 0.29) is 11.8 Å². The largest absolute Gasteiger partial charge is 0.409 e. The van der Waals surface area contributed by atoms with Crippen LogP contribution in [0.3, 0.4) is 0 Å². The molecule has 2 heterocycles. The summed E-state index contributed by atoms with van der Waals surface area (Å²) in [5, 5.41) is 11.7. The van der Waals surface area contributed by atoms with Crippen LogP contribution in [0.15, 0.2) is 5.16 Å². The lowest BCUT2D eigenvalue weighted by Gasteiger charge is -2.32. The molecule has 17 heavy (non-hydrogen) atoms. The number of thioether (sulfide) groups is 1. The van der Waals surface area contributed by atoms with E-state index in [0.717, 1.165) is 43.9 Å². The smallest absolute Gasteiger partial charge is 0.226 e. The molecule has 1 unspecified atom stereocenters. The van der Waals surface area contributed by atoms with Gasteiger partial charge >= 0.3 is 0 Å². The highest BCUT2D eigenvalue weighted by molar-refractivity contribution is 7.99. The van der Waals surface area contributed by atoms with Gasteiger partial charge in [0.05, 0.1) is 0 Å². The van der Waals surface area contributed by atoms with Gasteiger partial charge in [0, 0.05) is 30.7 Å². The molecule has 0 saturated carbocycles. The van der Waals surface area contributed by atoms with Crippen LogP contribution in [0.25, 0.3) is 0 Å². The summed E-state index contributed by atoms with van der Waals surface area (Å²) in [5.74, 6) is 3.03. The molecule has 0 bridgehead atoms. The standard InChI is InChI=1S/C11H19N3O2S/c12-10(13-16)8-1-4-14(5-2-8)11(15)9-3-6-17-7-9/h8-9,16H,1-7H2,(H2,12,13). The van der Waals surface area contributed by atoms with Gasteiger partial charge in [-0.15, -0.1) is 0 Å². The molecule has 0 radical (unpaired) electrons. The molecule has 2 aliphatic rings. The third-order valence-electron chi connectivity index (χ3n) is 3.62. The predicted molar refractivity (Wildman–Crippen MR) is 68.1 cm³/mol. The first-order chi connectivity index (χ1) is 8.22. The summed E-state index contributed by atoms with van der Waals surface area (Å²) in [6.07, 6.45) is 2.63. The average molecular weight is 257 g/mol. The first-order valence-electron chi connectivity index (χ1n) is 6.06. The summed E-state index contributed by atoms with van der Waals surface area (Å²) >= 11 is 1.86. The van der Waals surface area contributed by atoms with Crippen LogP contribution in [-0.4, -0.2) is 46.4 Å². The van der Waals surface area contributed by atoms with Crippen LogP contribution in [0.2, 0.25) is 0 Å². The maximum atomic E-state index is 12.1. The van der Waals surface area contributed by atoms with E-state index in [1.165, 1.54) is 0 Å². The molecule has 1 atom stereocenters. The number of rotatable bonds is 2. The van der Waals surface area contributed by atoms with Gasteiger partial charge in [-0.05, 0) is 25.0 Å². The lowest BCUT2D eigenvalue weighted by Crippen LogP contribution is -2.44. The summed E-state index contributed by atoms with van der Waals surface area (Å²) in [6.45, 7) is 1.47. The molecule has 2 rings (SSSR count). The monoisotopic (exact) mass is 257 g/mol. The summed E-state index contributed by atoms with van der Waals surface area (Å²) in [6, 6.07) is 0. The van der Waals surface area contributed by atoms with Crippen molar-refractivity contribution in [3.8, 4) is 0 Å². The van der Waals surface area contributed by atoms with Gasteiger partial charge in [0.15, 0.2) is 0 Å². The fourth-order valence-corrected chi connectivity index (χ4v) is 3.68. The Morgan fingerprint density at radius 3 is 2.53 bits per heavy atom. The number of nitrogens with zero attached hydrogens (tertiary/aromatic N) is 2. The molecule has 0 aromatic carbocycles. The first-order valence-corrected chi connectivity index (χ1v) is 7.21. The maximum absolute atomic E-state index is 12.1. The lowest BCUT2D eigenvalue weighted by atomic mass is 9.94. The third-order valence-corrected chi connectivity index (χ3v) is 4.78. The Kier molecular flexibility index (Phi) is 4.15. The number of amidine groups is 1. The van der Waals surface area contributed by atoms with E-state index < -0.39 is 0 Å². The van der Waals surface area contributed by atoms with Crippen molar-refractivity contribution >= 4 is 23.5 Å². The van der Waals surface area contributed by atoms with Gasteiger partial charge in [-0.2, -0.15) is 11.8 Å². The highest BCUT2D eigenvalue weighted by Gasteiger charge is 2.31. The van der Waals surface area contributed by atoms with Gasteiger partial charge in [-0.25, -0.2) is 0 Å². The van der Waals surface area contributed by atoms with Gasteiger partial charge in [0.25, 0.3) is 0 Å².